The van der Waals surface area contributed by atoms with Gasteiger partial charge in [0.25, 0.3) is 0 Å². The molecule has 7 heteroatoms. The highest BCUT2D eigenvalue weighted by Crippen LogP contribution is 2.19. The lowest BCUT2D eigenvalue weighted by molar-refractivity contribution is 0.169. The van der Waals surface area contributed by atoms with Gasteiger partial charge in [-0.3, -0.25) is 0 Å². The molecular weight excluding hydrogens is 362 g/mol. The molecule has 0 radical (unpaired) electrons. The van der Waals surface area contributed by atoms with Crippen molar-refractivity contribution < 1.29 is 13.5 Å². The summed E-state index contributed by atoms with van der Waals surface area (Å²) >= 11 is 4.76. The Kier molecular flexibility index (Phi) is 5.34. The molecule has 2 aromatic rings. The summed E-state index contributed by atoms with van der Waals surface area (Å²) in [6.45, 7) is 0.190. The molecule has 0 aliphatic carbocycles. The number of sulfonamides is 1. The first-order chi connectivity index (χ1) is 9.49. The Balaban J connectivity index is 1.91. The van der Waals surface area contributed by atoms with E-state index in [2.05, 4.69) is 20.7 Å². The van der Waals surface area contributed by atoms with Gasteiger partial charge in [0, 0.05) is 11.0 Å². The van der Waals surface area contributed by atoms with Crippen LogP contribution in [0.3, 0.4) is 0 Å². The fourth-order valence-corrected chi connectivity index (χ4v) is 3.68. The number of benzene rings is 1. The van der Waals surface area contributed by atoms with Gasteiger partial charge in [0.1, 0.15) is 0 Å². The third-order valence-corrected chi connectivity index (χ3v) is 5.47. The maximum Gasteiger partial charge on any atom is 0.240 e. The quantitative estimate of drug-likeness (QED) is 0.815. The van der Waals surface area contributed by atoms with E-state index in [1.165, 1.54) is 23.5 Å². The Morgan fingerprint density at radius 1 is 1.25 bits per heavy atom. The van der Waals surface area contributed by atoms with E-state index in [4.69, 9.17) is 0 Å². The normalized spacial score (nSPS) is 13.3. The molecule has 0 fully saturated rings. The van der Waals surface area contributed by atoms with Gasteiger partial charge in [-0.05, 0) is 53.1 Å². The zero-order valence-electron chi connectivity index (χ0n) is 10.5. The predicted molar refractivity (Wildman–Crippen MR) is 83.2 cm³/mol. The van der Waals surface area contributed by atoms with Gasteiger partial charge in [-0.15, -0.1) is 0 Å². The van der Waals surface area contributed by atoms with Crippen molar-refractivity contribution in [1.82, 2.24) is 4.72 Å². The van der Waals surface area contributed by atoms with E-state index < -0.39 is 16.1 Å². The van der Waals surface area contributed by atoms with Crippen LogP contribution in [0.4, 0.5) is 0 Å². The summed E-state index contributed by atoms with van der Waals surface area (Å²) in [7, 11) is -3.52. The van der Waals surface area contributed by atoms with Gasteiger partial charge in [0.2, 0.25) is 10.0 Å². The molecule has 1 heterocycles. The molecule has 0 saturated carbocycles. The summed E-state index contributed by atoms with van der Waals surface area (Å²) in [6.07, 6.45) is -0.305. The molecule has 0 aliphatic rings. The van der Waals surface area contributed by atoms with Crippen molar-refractivity contribution in [2.24, 2.45) is 0 Å². The van der Waals surface area contributed by atoms with Crippen LogP contribution >= 0.6 is 27.3 Å². The number of hydrogen-bond acceptors (Lipinski definition) is 4. The molecule has 1 aromatic carbocycles. The van der Waals surface area contributed by atoms with Crippen LogP contribution in [0, 0.1) is 0 Å². The Labute approximate surface area is 130 Å². The minimum Gasteiger partial charge on any atom is -0.388 e. The SMILES string of the molecule is O=S(=O)(NCCC(O)c1ccsc1)c1ccc(Br)cc1. The van der Waals surface area contributed by atoms with Crippen molar-refractivity contribution >= 4 is 37.3 Å². The second-order valence-electron chi connectivity index (χ2n) is 4.21. The summed E-state index contributed by atoms with van der Waals surface area (Å²) in [5.74, 6) is 0. The molecule has 1 atom stereocenters. The standard InChI is InChI=1S/C13H14BrNO3S2/c14-11-1-3-12(4-2-11)20(17,18)15-7-5-13(16)10-6-8-19-9-10/h1-4,6,8-9,13,15-16H,5,7H2. The zero-order chi connectivity index (χ0) is 14.6. The van der Waals surface area contributed by atoms with E-state index in [1.54, 1.807) is 12.1 Å². The summed E-state index contributed by atoms with van der Waals surface area (Å²) in [5.41, 5.74) is 0.817. The maximum atomic E-state index is 12.0. The second-order valence-corrected chi connectivity index (χ2v) is 7.68. The average Bonchev–Trinajstić information content (AvgIpc) is 2.93. The zero-order valence-corrected chi connectivity index (χ0v) is 13.7. The van der Waals surface area contributed by atoms with Crippen LogP contribution in [0.15, 0.2) is 50.5 Å². The molecule has 108 valence electrons. The van der Waals surface area contributed by atoms with Gasteiger partial charge < -0.3 is 5.11 Å². The van der Waals surface area contributed by atoms with Crippen LogP contribution in [-0.2, 0) is 10.0 Å². The molecule has 0 spiro atoms. The summed E-state index contributed by atoms with van der Waals surface area (Å²) in [4.78, 5) is 0.214. The third-order valence-electron chi connectivity index (χ3n) is 2.76. The fraction of sp³-hybridized carbons (Fsp3) is 0.231. The van der Waals surface area contributed by atoms with Crippen LogP contribution in [0.5, 0.6) is 0 Å². The van der Waals surface area contributed by atoms with Gasteiger partial charge in [-0.1, -0.05) is 15.9 Å². The molecule has 0 amide bonds. The maximum absolute atomic E-state index is 12.0. The van der Waals surface area contributed by atoms with Crippen molar-refractivity contribution in [3.8, 4) is 0 Å². The number of halogens is 1. The Morgan fingerprint density at radius 2 is 1.95 bits per heavy atom. The van der Waals surface area contributed by atoms with E-state index in [9.17, 15) is 13.5 Å². The summed E-state index contributed by atoms with van der Waals surface area (Å²) in [6, 6.07) is 8.24. The van der Waals surface area contributed by atoms with E-state index in [1.807, 2.05) is 16.8 Å². The largest absolute Gasteiger partial charge is 0.388 e. The molecule has 4 nitrogen and oxygen atoms in total. The highest BCUT2D eigenvalue weighted by atomic mass is 79.9. The number of nitrogens with one attached hydrogen (secondary N) is 1. The first kappa shape index (κ1) is 15.7. The van der Waals surface area contributed by atoms with Gasteiger partial charge in [-0.2, -0.15) is 11.3 Å². The number of hydrogen-bond donors (Lipinski definition) is 2. The molecule has 2 rings (SSSR count). The average molecular weight is 376 g/mol. The van der Waals surface area contributed by atoms with Crippen molar-refractivity contribution in [3.63, 3.8) is 0 Å². The molecule has 1 unspecified atom stereocenters. The van der Waals surface area contributed by atoms with Crippen molar-refractivity contribution in [2.75, 3.05) is 6.54 Å². The van der Waals surface area contributed by atoms with Crippen molar-refractivity contribution in [2.45, 2.75) is 17.4 Å². The Morgan fingerprint density at radius 3 is 2.55 bits per heavy atom. The number of aliphatic hydroxyl groups is 1. The number of thiophene rings is 1. The van der Waals surface area contributed by atoms with Gasteiger partial charge in [-0.25, -0.2) is 13.1 Å². The minimum absolute atomic E-state index is 0.190. The van der Waals surface area contributed by atoms with Gasteiger partial charge in [0.05, 0.1) is 11.0 Å². The van der Waals surface area contributed by atoms with Gasteiger partial charge >= 0.3 is 0 Å². The lowest BCUT2D eigenvalue weighted by Crippen LogP contribution is -2.25. The lowest BCUT2D eigenvalue weighted by atomic mass is 10.1. The van der Waals surface area contributed by atoms with E-state index >= 15 is 0 Å². The van der Waals surface area contributed by atoms with E-state index in [0.29, 0.717) is 6.42 Å². The highest BCUT2D eigenvalue weighted by molar-refractivity contribution is 9.10. The van der Waals surface area contributed by atoms with E-state index in [-0.39, 0.29) is 11.4 Å². The topological polar surface area (TPSA) is 66.4 Å². The minimum atomic E-state index is -3.52. The molecular formula is C13H14BrNO3S2. The number of aliphatic hydroxyl groups excluding tert-OH is 1. The summed E-state index contributed by atoms with van der Waals surface area (Å²) in [5, 5.41) is 13.6. The predicted octanol–water partition coefficient (Wildman–Crippen LogP) is 2.91. The van der Waals surface area contributed by atoms with Crippen LogP contribution in [0.2, 0.25) is 0 Å². The first-order valence-corrected chi connectivity index (χ1v) is 9.16. The van der Waals surface area contributed by atoms with Crippen LogP contribution in [0.1, 0.15) is 18.1 Å². The smallest absolute Gasteiger partial charge is 0.240 e. The third kappa shape index (κ3) is 4.13. The van der Waals surface area contributed by atoms with E-state index in [0.717, 1.165) is 10.0 Å². The molecule has 2 N–H and O–H groups in total. The van der Waals surface area contributed by atoms with Crippen LogP contribution in [-0.4, -0.2) is 20.1 Å². The molecule has 0 aliphatic heterocycles. The molecule has 0 bridgehead atoms. The lowest BCUT2D eigenvalue weighted by Gasteiger charge is -2.10. The van der Waals surface area contributed by atoms with Crippen molar-refractivity contribution in [1.29, 1.82) is 0 Å². The molecule has 20 heavy (non-hydrogen) atoms. The van der Waals surface area contributed by atoms with Gasteiger partial charge in [0.15, 0.2) is 0 Å². The molecule has 0 saturated heterocycles. The van der Waals surface area contributed by atoms with Crippen LogP contribution < -0.4 is 4.72 Å². The Hall–Kier alpha value is -0.730. The monoisotopic (exact) mass is 375 g/mol. The highest BCUT2D eigenvalue weighted by Gasteiger charge is 2.14. The van der Waals surface area contributed by atoms with Crippen molar-refractivity contribution in [3.05, 3.63) is 51.1 Å². The second kappa shape index (κ2) is 6.82. The first-order valence-electron chi connectivity index (χ1n) is 5.94. The van der Waals surface area contributed by atoms with Crippen LogP contribution in [0.25, 0.3) is 0 Å². The Bertz CT molecular complexity index is 639. The number of rotatable bonds is 6. The summed E-state index contributed by atoms with van der Waals surface area (Å²) < 4.78 is 27.3. The fourth-order valence-electron chi connectivity index (χ4n) is 1.66. The molecule has 1 aromatic heterocycles.